The van der Waals surface area contributed by atoms with E-state index in [4.69, 9.17) is 18.9 Å². The lowest BCUT2D eigenvalue weighted by atomic mass is 9.56. The lowest BCUT2D eigenvalue weighted by Gasteiger charge is -2.50. The van der Waals surface area contributed by atoms with Crippen molar-refractivity contribution in [2.24, 2.45) is 11.3 Å². The third-order valence-electron chi connectivity index (χ3n) is 12.5. The molecule has 0 saturated heterocycles. The van der Waals surface area contributed by atoms with Gasteiger partial charge in [-0.3, -0.25) is 9.59 Å². The maximum atomic E-state index is 14.1. The Morgan fingerprint density at radius 2 is 1.49 bits per heavy atom. The molecule has 9 heteroatoms. The van der Waals surface area contributed by atoms with E-state index in [2.05, 4.69) is 12.2 Å². The molecule has 8 rings (SSSR count). The van der Waals surface area contributed by atoms with E-state index in [-0.39, 0.29) is 41.9 Å². The van der Waals surface area contributed by atoms with Crippen LogP contribution >= 0.6 is 0 Å². The molecule has 6 aromatic carbocycles. The van der Waals surface area contributed by atoms with Crippen LogP contribution in [0.2, 0.25) is 0 Å². The summed E-state index contributed by atoms with van der Waals surface area (Å²) >= 11 is 0. The number of rotatable bonds is 10. The number of ether oxygens (including phenoxy) is 4. The minimum Gasteiger partial charge on any atom is -0.508 e. The number of methoxy groups -OCH3 is 2. The van der Waals surface area contributed by atoms with Gasteiger partial charge in [0, 0.05) is 19.3 Å². The Morgan fingerprint density at radius 1 is 0.754 bits per heavy atom. The second kappa shape index (κ2) is 17.5. The largest absolute Gasteiger partial charge is 0.508 e. The number of phenolic OH excluding ortho intramolecular Hbond substituents is 3. The van der Waals surface area contributed by atoms with Crippen LogP contribution in [-0.4, -0.2) is 53.7 Å². The molecular weight excluding hydrogens is 769 g/mol. The first-order valence-corrected chi connectivity index (χ1v) is 20.7. The van der Waals surface area contributed by atoms with Gasteiger partial charge in [0.25, 0.3) is 0 Å². The molecular formula is C52H50O9. The van der Waals surface area contributed by atoms with Crippen LogP contribution in [0.5, 0.6) is 28.7 Å². The summed E-state index contributed by atoms with van der Waals surface area (Å²) in [5, 5.41) is 33.9. The number of hydrogen-bond acceptors (Lipinski definition) is 9. The van der Waals surface area contributed by atoms with Crippen molar-refractivity contribution >= 4 is 28.8 Å². The van der Waals surface area contributed by atoms with E-state index in [0.717, 1.165) is 49.7 Å². The minimum absolute atomic E-state index is 0.00131. The van der Waals surface area contributed by atoms with Crippen LogP contribution in [0.15, 0.2) is 127 Å². The van der Waals surface area contributed by atoms with Gasteiger partial charge >= 0.3 is 11.9 Å². The first-order valence-electron chi connectivity index (χ1n) is 20.7. The van der Waals surface area contributed by atoms with Crippen LogP contribution < -0.4 is 9.47 Å². The topological polar surface area (TPSA) is 132 Å². The number of aromatic hydroxyl groups is 3. The fraction of sp³-hybridized carbons (Fsp3) is 0.269. The Kier molecular flexibility index (Phi) is 11.7. The summed E-state index contributed by atoms with van der Waals surface area (Å²) in [7, 11) is 3.04. The maximum Gasteiger partial charge on any atom is 0.310 e. The van der Waals surface area contributed by atoms with Crippen LogP contribution in [0.3, 0.4) is 0 Å². The van der Waals surface area contributed by atoms with Crippen molar-refractivity contribution in [1.82, 2.24) is 0 Å². The number of fused-ring (bicyclic) bond motifs is 3. The maximum absolute atomic E-state index is 14.1. The quantitative estimate of drug-likeness (QED) is 0.116. The molecule has 0 aromatic heterocycles. The van der Waals surface area contributed by atoms with Crippen LogP contribution in [0.25, 0.3) is 28.0 Å². The van der Waals surface area contributed by atoms with Gasteiger partial charge in [-0.2, -0.15) is 0 Å². The zero-order valence-corrected chi connectivity index (χ0v) is 34.5. The lowest BCUT2D eigenvalue weighted by Crippen LogP contribution is -2.49. The molecule has 6 aromatic rings. The molecule has 2 aliphatic rings. The first-order chi connectivity index (χ1) is 29.5. The molecule has 61 heavy (non-hydrogen) atoms. The smallest absolute Gasteiger partial charge is 0.310 e. The molecule has 0 radical (unpaired) electrons. The first kappa shape index (κ1) is 41.0. The summed E-state index contributed by atoms with van der Waals surface area (Å²) in [6.07, 6.45) is 5.34. The second-order valence-corrected chi connectivity index (χ2v) is 16.4. The van der Waals surface area contributed by atoms with Crippen molar-refractivity contribution in [3.63, 3.8) is 0 Å². The van der Waals surface area contributed by atoms with Gasteiger partial charge in [-0.15, -0.1) is 0 Å². The summed E-state index contributed by atoms with van der Waals surface area (Å²) < 4.78 is 23.9. The fourth-order valence-electron chi connectivity index (χ4n) is 9.67. The summed E-state index contributed by atoms with van der Waals surface area (Å²) in [5.41, 5.74) is 5.83. The van der Waals surface area contributed by atoms with Crippen LogP contribution in [0.4, 0.5) is 0 Å². The van der Waals surface area contributed by atoms with E-state index in [0.29, 0.717) is 37.2 Å². The molecule has 0 bridgehead atoms. The molecule has 312 valence electrons. The van der Waals surface area contributed by atoms with Crippen molar-refractivity contribution in [2.45, 2.75) is 63.6 Å². The number of phenols is 3. The Hall–Kier alpha value is -6.74. The van der Waals surface area contributed by atoms with E-state index in [1.54, 1.807) is 24.3 Å². The second-order valence-electron chi connectivity index (χ2n) is 16.4. The van der Waals surface area contributed by atoms with E-state index in [9.17, 15) is 24.9 Å². The number of benzene rings is 6. The number of esters is 2. The van der Waals surface area contributed by atoms with Crippen LogP contribution in [0.1, 0.15) is 59.9 Å². The fourth-order valence-corrected chi connectivity index (χ4v) is 9.67. The molecule has 0 heterocycles. The zero-order chi connectivity index (χ0) is 42.7. The Bertz CT molecular complexity index is 2580. The van der Waals surface area contributed by atoms with Gasteiger partial charge in [0.2, 0.25) is 0 Å². The average molecular weight is 819 g/mol. The molecule has 0 aliphatic heterocycles. The van der Waals surface area contributed by atoms with Gasteiger partial charge in [0.15, 0.2) is 23.0 Å². The zero-order valence-electron chi connectivity index (χ0n) is 34.5. The van der Waals surface area contributed by atoms with Gasteiger partial charge in [0.05, 0.1) is 20.6 Å². The van der Waals surface area contributed by atoms with Crippen LogP contribution in [0, 0.1) is 11.3 Å². The number of carbonyl (C=O) groups excluding carboxylic acids is 2. The van der Waals surface area contributed by atoms with E-state index < -0.39 is 29.6 Å². The van der Waals surface area contributed by atoms with Gasteiger partial charge in [0.1, 0.15) is 18.0 Å². The van der Waals surface area contributed by atoms with Gasteiger partial charge in [-0.05, 0) is 129 Å². The van der Waals surface area contributed by atoms with Crippen LogP contribution in [-0.2, 0) is 38.3 Å². The highest BCUT2D eigenvalue weighted by Crippen LogP contribution is 2.54. The SMILES string of the molecule is COc1cc([C@@H]2C[C@H](OC(=O)Cc3ccc4cc(O)cc(-c5ccccc5)c4c3)C[C@@H](OC(C)=O)[C@@H]3Cc4cc(OC)c(O)cc4C[C@@]3(/C=C/c3ccccc3)C2)ccc1O. The third kappa shape index (κ3) is 8.92. The number of allylic oxidation sites excluding steroid dienone is 1. The molecule has 2 aliphatic carbocycles. The minimum atomic E-state index is -0.647. The standard InChI is InChI=1S/C52H50O9/c1-32(53)60-48-29-42(61-51(57)21-34-14-15-37-22-41(54)28-44(43(37)20-34)35-12-8-5-9-13-35)23-39(36-16-17-46(55)49(26-36)58-2)30-52(19-18-33-10-6-4-7-11-33)31-40-25-47(56)50(59-3)27-38(40)24-45(48)52/h4-20,22,25-28,39,42,45,48,54-56H,21,23-24,29-31H2,1-3H3/b19-18+/t39-,42+,45+,48-,52-/m1/s1. The van der Waals surface area contributed by atoms with E-state index in [1.807, 2.05) is 97.1 Å². The predicted octanol–water partition coefficient (Wildman–Crippen LogP) is 10.1. The number of hydrogen-bond donors (Lipinski definition) is 3. The van der Waals surface area contributed by atoms with Crippen molar-refractivity contribution in [2.75, 3.05) is 14.2 Å². The highest BCUT2D eigenvalue weighted by Gasteiger charge is 2.50. The van der Waals surface area contributed by atoms with Crippen molar-refractivity contribution in [3.8, 4) is 39.9 Å². The molecule has 5 atom stereocenters. The molecule has 0 amide bonds. The molecule has 1 fully saturated rings. The summed E-state index contributed by atoms with van der Waals surface area (Å²) in [6, 6.07) is 38.1. The summed E-state index contributed by atoms with van der Waals surface area (Å²) in [4.78, 5) is 27.2. The van der Waals surface area contributed by atoms with Gasteiger partial charge in [-0.25, -0.2) is 0 Å². The van der Waals surface area contributed by atoms with E-state index >= 15 is 0 Å². The predicted molar refractivity (Wildman–Crippen MR) is 235 cm³/mol. The third-order valence-corrected chi connectivity index (χ3v) is 12.5. The normalized spacial score (nSPS) is 21.1. The summed E-state index contributed by atoms with van der Waals surface area (Å²) in [5.74, 6) is -0.396. The van der Waals surface area contributed by atoms with Gasteiger partial charge < -0.3 is 34.3 Å². The van der Waals surface area contributed by atoms with Crippen molar-refractivity contribution in [1.29, 1.82) is 0 Å². The number of carbonyl (C=O) groups is 2. The highest BCUT2D eigenvalue weighted by molar-refractivity contribution is 5.98. The molecule has 9 nitrogen and oxygen atoms in total. The Labute approximate surface area is 355 Å². The van der Waals surface area contributed by atoms with Gasteiger partial charge in [-0.1, -0.05) is 91.0 Å². The van der Waals surface area contributed by atoms with Crippen molar-refractivity contribution in [3.05, 3.63) is 155 Å². The average Bonchev–Trinajstić information content (AvgIpc) is 3.25. The molecule has 1 saturated carbocycles. The molecule has 0 spiro atoms. The Balaban J connectivity index is 1.19. The van der Waals surface area contributed by atoms with Crippen molar-refractivity contribution < 1.29 is 43.9 Å². The highest BCUT2D eigenvalue weighted by atomic mass is 16.6. The monoisotopic (exact) mass is 818 g/mol. The Morgan fingerprint density at radius 3 is 2.23 bits per heavy atom. The lowest BCUT2D eigenvalue weighted by molar-refractivity contribution is -0.161. The molecule has 0 unspecified atom stereocenters. The molecule has 3 N–H and O–H groups in total. The summed E-state index contributed by atoms with van der Waals surface area (Å²) in [6.45, 7) is 1.41. The van der Waals surface area contributed by atoms with E-state index in [1.165, 1.54) is 21.1 Å².